The predicted molar refractivity (Wildman–Crippen MR) is 114 cm³/mol. The second-order valence-electron chi connectivity index (χ2n) is 6.37. The van der Waals surface area contributed by atoms with Crippen LogP contribution < -0.4 is 0 Å². The van der Waals surface area contributed by atoms with Crippen molar-refractivity contribution in [1.82, 2.24) is 0 Å². The average Bonchev–Trinajstić information content (AvgIpc) is 2.82. The number of ether oxygens (including phenoxy) is 1. The Bertz CT molecular complexity index is 975. The van der Waals surface area contributed by atoms with Gasteiger partial charge in [-0.2, -0.15) is 0 Å². The van der Waals surface area contributed by atoms with Crippen molar-refractivity contribution < 1.29 is 9.53 Å². The number of carbonyl (C=O) groups excluding carboxylic acids is 1. The van der Waals surface area contributed by atoms with Gasteiger partial charge in [0.15, 0.2) is 0 Å². The van der Waals surface area contributed by atoms with E-state index in [9.17, 15) is 4.79 Å². The van der Waals surface area contributed by atoms with Gasteiger partial charge < -0.3 is 4.74 Å². The molecule has 0 saturated carbocycles. The molecule has 0 fully saturated rings. The first-order chi connectivity index (χ1) is 12.5. The van der Waals surface area contributed by atoms with E-state index in [4.69, 9.17) is 4.74 Å². The summed E-state index contributed by atoms with van der Waals surface area (Å²) < 4.78 is 6.15. The third-order valence-electron chi connectivity index (χ3n) is 4.28. The first kappa shape index (κ1) is 18.5. The topological polar surface area (TPSA) is 26.3 Å². The molecule has 0 aliphatic heterocycles. The van der Waals surface area contributed by atoms with Crippen LogP contribution in [0.3, 0.4) is 0 Å². The van der Waals surface area contributed by atoms with Crippen LogP contribution in [-0.2, 0) is 4.74 Å². The van der Waals surface area contributed by atoms with E-state index in [1.54, 1.807) is 0 Å². The second-order valence-corrected chi connectivity index (χ2v) is 7.62. The van der Waals surface area contributed by atoms with Crippen LogP contribution in [-0.4, -0.2) is 13.1 Å². The van der Waals surface area contributed by atoms with Crippen molar-refractivity contribution in [1.29, 1.82) is 0 Å². The zero-order valence-electron chi connectivity index (χ0n) is 15.0. The van der Waals surface area contributed by atoms with E-state index in [1.165, 1.54) is 16.2 Å². The molecule has 0 saturated heterocycles. The van der Waals surface area contributed by atoms with Crippen LogP contribution in [0.25, 0.3) is 11.1 Å². The highest BCUT2D eigenvalue weighted by Crippen LogP contribution is 2.34. The van der Waals surface area contributed by atoms with Crippen molar-refractivity contribution >= 4 is 28.6 Å². The summed E-state index contributed by atoms with van der Waals surface area (Å²) in [4.78, 5) is 12.3. The van der Waals surface area contributed by atoms with Gasteiger partial charge in [0.05, 0.1) is 12.7 Å². The molecule has 0 atom stereocenters. The molecule has 0 bridgehead atoms. The molecule has 26 heavy (non-hydrogen) atoms. The number of hydrogen-bond donors (Lipinski definition) is 0. The number of rotatable bonds is 2. The summed E-state index contributed by atoms with van der Waals surface area (Å²) in [5.74, 6) is 6.45. The van der Waals surface area contributed by atoms with Gasteiger partial charge in [0.25, 0.3) is 0 Å². The van der Waals surface area contributed by atoms with E-state index in [0.717, 1.165) is 22.3 Å². The maximum Gasteiger partial charge on any atom is 0.338 e. The second kappa shape index (κ2) is 7.92. The Labute approximate surface area is 168 Å². The van der Waals surface area contributed by atoms with Gasteiger partial charge in [0, 0.05) is 14.7 Å². The molecule has 0 spiro atoms. The standard InChI is InChI=1S/C23H19IO2/c1-15(2)17-5-4-6-20-18(10-7-16-8-11-19(24)12-9-16)14-22(21(20)13-17)23(25)26-3/h4-6,8-9,11-15H,1-3H3. The minimum atomic E-state index is -0.335. The van der Waals surface area contributed by atoms with Crippen LogP contribution in [0, 0.1) is 15.4 Å². The number of esters is 1. The summed E-state index contributed by atoms with van der Waals surface area (Å²) in [5.41, 5.74) is 5.38. The molecule has 0 unspecified atom stereocenters. The molecule has 1 aromatic carbocycles. The molecular formula is C23H19IO2. The lowest BCUT2D eigenvalue weighted by atomic mass is 10.0. The first-order valence-electron chi connectivity index (χ1n) is 8.42. The molecule has 0 N–H and O–H groups in total. The Balaban J connectivity index is 2.13. The monoisotopic (exact) mass is 454 g/mol. The Morgan fingerprint density at radius 1 is 1.00 bits per heavy atom. The van der Waals surface area contributed by atoms with Crippen molar-refractivity contribution in [2.45, 2.75) is 19.8 Å². The fourth-order valence-electron chi connectivity index (χ4n) is 2.81. The van der Waals surface area contributed by atoms with Crippen molar-refractivity contribution in [3.05, 3.63) is 80.4 Å². The van der Waals surface area contributed by atoms with Gasteiger partial charge in [-0.1, -0.05) is 43.9 Å². The average molecular weight is 454 g/mol. The summed E-state index contributed by atoms with van der Waals surface area (Å²) in [6.45, 7) is 4.28. The highest BCUT2D eigenvalue weighted by atomic mass is 127. The highest BCUT2D eigenvalue weighted by Gasteiger charge is 2.20. The third kappa shape index (κ3) is 3.91. The summed E-state index contributed by atoms with van der Waals surface area (Å²) in [6, 6.07) is 18.1. The van der Waals surface area contributed by atoms with Crippen LogP contribution in [0.2, 0.25) is 0 Å². The van der Waals surface area contributed by atoms with Gasteiger partial charge in [-0.05, 0) is 81.6 Å². The molecule has 2 aliphatic carbocycles. The Kier molecular flexibility index (Phi) is 5.63. The van der Waals surface area contributed by atoms with Crippen molar-refractivity contribution in [2.75, 3.05) is 7.11 Å². The Morgan fingerprint density at radius 2 is 1.73 bits per heavy atom. The van der Waals surface area contributed by atoms with Gasteiger partial charge in [-0.3, -0.25) is 0 Å². The third-order valence-corrected chi connectivity index (χ3v) is 5.00. The molecule has 0 aromatic heterocycles. The number of methoxy groups -OCH3 is 1. The summed E-state index contributed by atoms with van der Waals surface area (Å²) >= 11 is 2.27. The number of hydrogen-bond acceptors (Lipinski definition) is 2. The van der Waals surface area contributed by atoms with Crippen molar-refractivity contribution in [3.8, 4) is 23.0 Å². The van der Waals surface area contributed by atoms with Crippen LogP contribution in [0.5, 0.6) is 0 Å². The number of benzene rings is 1. The van der Waals surface area contributed by atoms with Crippen LogP contribution in [0.1, 0.15) is 46.8 Å². The Morgan fingerprint density at radius 3 is 2.38 bits per heavy atom. The summed E-state index contributed by atoms with van der Waals surface area (Å²) in [7, 11) is 1.41. The lowest BCUT2D eigenvalue weighted by Crippen LogP contribution is -2.00. The molecule has 0 amide bonds. The summed E-state index contributed by atoms with van der Waals surface area (Å²) in [5, 5.41) is 0. The lowest BCUT2D eigenvalue weighted by Gasteiger charge is -2.04. The van der Waals surface area contributed by atoms with E-state index >= 15 is 0 Å². The zero-order valence-corrected chi connectivity index (χ0v) is 17.1. The molecule has 2 nitrogen and oxygen atoms in total. The lowest BCUT2D eigenvalue weighted by molar-refractivity contribution is 0.0602. The maximum atomic E-state index is 12.3. The highest BCUT2D eigenvalue weighted by molar-refractivity contribution is 14.1. The fraction of sp³-hybridized carbons (Fsp3) is 0.174. The fourth-order valence-corrected chi connectivity index (χ4v) is 3.17. The molecule has 1 aromatic rings. The molecule has 2 aliphatic rings. The SMILES string of the molecule is COC(=O)c1cc(C#Cc2ccc(I)cc2)c2cccc(C(C)C)cc1-2. The van der Waals surface area contributed by atoms with E-state index in [1.807, 2.05) is 42.5 Å². The summed E-state index contributed by atoms with van der Waals surface area (Å²) in [6.07, 6.45) is 0. The van der Waals surface area contributed by atoms with Crippen LogP contribution in [0.4, 0.5) is 0 Å². The van der Waals surface area contributed by atoms with Gasteiger partial charge in [-0.15, -0.1) is 0 Å². The van der Waals surface area contributed by atoms with Gasteiger partial charge in [0.1, 0.15) is 0 Å². The molecule has 0 heterocycles. The molecule has 3 heteroatoms. The zero-order chi connectivity index (χ0) is 18.7. The van der Waals surface area contributed by atoms with Gasteiger partial charge >= 0.3 is 5.97 Å². The maximum absolute atomic E-state index is 12.3. The van der Waals surface area contributed by atoms with Crippen molar-refractivity contribution in [2.24, 2.45) is 0 Å². The predicted octanol–water partition coefficient (Wildman–Crippen LogP) is 5.71. The van der Waals surface area contributed by atoms with Crippen molar-refractivity contribution in [3.63, 3.8) is 0 Å². The smallest absolute Gasteiger partial charge is 0.338 e. The number of carbonyl (C=O) groups is 1. The number of halogens is 1. The largest absolute Gasteiger partial charge is 0.465 e. The minimum Gasteiger partial charge on any atom is -0.465 e. The minimum absolute atomic E-state index is 0.335. The quantitative estimate of drug-likeness (QED) is 0.282. The molecule has 3 rings (SSSR count). The van der Waals surface area contributed by atoms with E-state index in [2.05, 4.69) is 60.4 Å². The van der Waals surface area contributed by atoms with E-state index < -0.39 is 0 Å². The van der Waals surface area contributed by atoms with Gasteiger partial charge in [0.2, 0.25) is 0 Å². The Hall–Kier alpha value is -2.32. The normalized spacial score (nSPS) is 10.5. The molecule has 0 radical (unpaired) electrons. The van der Waals surface area contributed by atoms with E-state index in [0.29, 0.717) is 11.5 Å². The first-order valence-corrected chi connectivity index (χ1v) is 9.50. The molecular weight excluding hydrogens is 435 g/mol. The van der Waals surface area contributed by atoms with Crippen LogP contribution >= 0.6 is 22.6 Å². The van der Waals surface area contributed by atoms with Crippen LogP contribution in [0.15, 0.2) is 54.6 Å². The van der Waals surface area contributed by atoms with E-state index in [-0.39, 0.29) is 5.97 Å². The number of fused-ring (bicyclic) bond motifs is 1. The molecule has 130 valence electrons. The van der Waals surface area contributed by atoms with Gasteiger partial charge in [-0.25, -0.2) is 4.79 Å².